The van der Waals surface area contributed by atoms with Crippen LogP contribution in [0, 0.1) is 17.0 Å². The van der Waals surface area contributed by atoms with Gasteiger partial charge in [0.1, 0.15) is 0 Å². The first kappa shape index (κ1) is 11.2. The lowest BCUT2D eigenvalue weighted by molar-refractivity contribution is -0.431. The molecule has 0 heterocycles. The monoisotopic (exact) mass is 206 g/mol. The number of benzene rings is 1. The first-order chi connectivity index (χ1) is 7.09. The molecule has 0 amide bonds. The van der Waals surface area contributed by atoms with E-state index in [2.05, 4.69) is 11.9 Å². The lowest BCUT2D eigenvalue weighted by Crippen LogP contribution is -2.21. The van der Waals surface area contributed by atoms with Crippen LogP contribution < -0.4 is 5.32 Å². The van der Waals surface area contributed by atoms with Crippen LogP contribution in [0.15, 0.2) is 36.7 Å². The molecule has 80 valence electrons. The molecule has 0 aliphatic carbocycles. The zero-order valence-electron chi connectivity index (χ0n) is 8.69. The Morgan fingerprint density at radius 3 is 2.60 bits per heavy atom. The lowest BCUT2D eigenvalue weighted by Gasteiger charge is -2.02. The van der Waals surface area contributed by atoms with E-state index in [1.54, 1.807) is 0 Å². The van der Waals surface area contributed by atoms with Gasteiger partial charge in [-0.3, -0.25) is 5.32 Å². The summed E-state index contributed by atoms with van der Waals surface area (Å²) in [5, 5.41) is 12.9. The van der Waals surface area contributed by atoms with Gasteiger partial charge in [0, 0.05) is 6.42 Å². The van der Waals surface area contributed by atoms with Gasteiger partial charge >= 0.3 is 5.82 Å². The molecule has 0 bridgehead atoms. The number of aryl methyl sites for hydroxylation is 1. The topological polar surface area (TPSA) is 55.2 Å². The molecule has 0 saturated carbocycles. The Labute approximate surface area is 88.8 Å². The van der Waals surface area contributed by atoms with Crippen LogP contribution in [0.2, 0.25) is 0 Å². The van der Waals surface area contributed by atoms with Crippen molar-refractivity contribution >= 4 is 0 Å². The van der Waals surface area contributed by atoms with Crippen LogP contribution in [0.5, 0.6) is 0 Å². The molecule has 1 aromatic carbocycles. The molecule has 4 heteroatoms. The van der Waals surface area contributed by atoms with Crippen molar-refractivity contribution < 1.29 is 4.92 Å². The summed E-state index contributed by atoms with van der Waals surface area (Å²) in [6, 6.07) is 8.09. The average molecular weight is 206 g/mol. The van der Waals surface area contributed by atoms with Crippen molar-refractivity contribution in [2.24, 2.45) is 0 Å². The second-order valence-corrected chi connectivity index (χ2v) is 3.37. The molecule has 0 unspecified atom stereocenters. The molecule has 0 radical (unpaired) electrons. The van der Waals surface area contributed by atoms with Crippen LogP contribution in [0.1, 0.15) is 11.1 Å². The Morgan fingerprint density at radius 2 is 2.07 bits per heavy atom. The SMILES string of the molecule is C=C(NCCc1ccc(C)cc1)[N+](=O)[O-]. The summed E-state index contributed by atoms with van der Waals surface area (Å²) < 4.78 is 0. The zero-order chi connectivity index (χ0) is 11.3. The summed E-state index contributed by atoms with van der Waals surface area (Å²) in [4.78, 5) is 9.71. The largest absolute Gasteiger partial charge is 0.358 e. The van der Waals surface area contributed by atoms with Crippen molar-refractivity contribution in [3.8, 4) is 0 Å². The Morgan fingerprint density at radius 1 is 1.47 bits per heavy atom. The maximum atomic E-state index is 10.2. The highest BCUT2D eigenvalue weighted by Crippen LogP contribution is 2.03. The fraction of sp³-hybridized carbons (Fsp3) is 0.273. The van der Waals surface area contributed by atoms with Crippen LogP contribution in [0.4, 0.5) is 0 Å². The molecular formula is C11H14N2O2. The number of hydrogen-bond acceptors (Lipinski definition) is 3. The third-order valence-electron chi connectivity index (χ3n) is 2.08. The van der Waals surface area contributed by atoms with E-state index in [0.717, 1.165) is 12.0 Å². The van der Waals surface area contributed by atoms with E-state index < -0.39 is 4.92 Å². The summed E-state index contributed by atoms with van der Waals surface area (Å²) in [5.41, 5.74) is 2.37. The van der Waals surface area contributed by atoms with E-state index in [9.17, 15) is 10.1 Å². The molecule has 0 spiro atoms. The molecular weight excluding hydrogens is 192 g/mol. The summed E-state index contributed by atoms with van der Waals surface area (Å²) in [6.07, 6.45) is 0.757. The average Bonchev–Trinajstić information content (AvgIpc) is 2.20. The van der Waals surface area contributed by atoms with Crippen molar-refractivity contribution in [3.05, 3.63) is 57.9 Å². The smallest absolute Gasteiger partial charge is 0.308 e. The summed E-state index contributed by atoms with van der Waals surface area (Å²) in [6.45, 7) is 5.84. The molecule has 0 fully saturated rings. The van der Waals surface area contributed by atoms with Gasteiger partial charge in [-0.05, 0) is 24.0 Å². The normalized spacial score (nSPS) is 9.67. The molecule has 0 aromatic heterocycles. The first-order valence-electron chi connectivity index (χ1n) is 4.72. The van der Waals surface area contributed by atoms with E-state index in [1.807, 2.05) is 31.2 Å². The summed E-state index contributed by atoms with van der Waals surface area (Å²) >= 11 is 0. The maximum Gasteiger partial charge on any atom is 0.308 e. The van der Waals surface area contributed by atoms with E-state index in [0.29, 0.717) is 6.54 Å². The Hall–Kier alpha value is -1.84. The molecule has 0 aliphatic heterocycles. The van der Waals surface area contributed by atoms with Gasteiger partial charge in [-0.2, -0.15) is 0 Å². The predicted octanol–water partition coefficient (Wildman–Crippen LogP) is 1.88. The second-order valence-electron chi connectivity index (χ2n) is 3.37. The Balaban J connectivity index is 2.35. The third-order valence-corrected chi connectivity index (χ3v) is 2.08. The third kappa shape index (κ3) is 3.81. The van der Waals surface area contributed by atoms with Crippen LogP contribution in [-0.4, -0.2) is 11.5 Å². The second kappa shape index (κ2) is 5.14. The minimum Gasteiger partial charge on any atom is -0.358 e. The van der Waals surface area contributed by atoms with Gasteiger partial charge in [-0.1, -0.05) is 29.8 Å². The maximum absolute atomic E-state index is 10.2. The van der Waals surface area contributed by atoms with Gasteiger partial charge in [-0.15, -0.1) is 0 Å². The van der Waals surface area contributed by atoms with Crippen LogP contribution >= 0.6 is 0 Å². The molecule has 1 aromatic rings. The van der Waals surface area contributed by atoms with E-state index in [-0.39, 0.29) is 5.82 Å². The summed E-state index contributed by atoms with van der Waals surface area (Å²) in [7, 11) is 0. The minimum absolute atomic E-state index is 0.151. The molecule has 0 aliphatic rings. The van der Waals surface area contributed by atoms with Crippen LogP contribution in [0.25, 0.3) is 0 Å². The predicted molar refractivity (Wildman–Crippen MR) is 59.0 cm³/mol. The molecule has 0 saturated heterocycles. The number of hydrogen-bond donors (Lipinski definition) is 1. The minimum atomic E-state index is -0.519. The number of nitrogens with zero attached hydrogens (tertiary/aromatic N) is 1. The van der Waals surface area contributed by atoms with Crippen molar-refractivity contribution in [1.29, 1.82) is 0 Å². The molecule has 1 N–H and O–H groups in total. The van der Waals surface area contributed by atoms with E-state index in [1.165, 1.54) is 5.56 Å². The molecule has 1 rings (SSSR count). The number of rotatable bonds is 5. The van der Waals surface area contributed by atoms with Gasteiger partial charge in [0.05, 0.1) is 6.54 Å². The molecule has 15 heavy (non-hydrogen) atoms. The fourth-order valence-electron chi connectivity index (χ4n) is 1.17. The highest BCUT2D eigenvalue weighted by Gasteiger charge is 2.02. The van der Waals surface area contributed by atoms with Crippen molar-refractivity contribution in [1.82, 2.24) is 5.32 Å². The van der Waals surface area contributed by atoms with Crippen LogP contribution in [0.3, 0.4) is 0 Å². The Bertz CT molecular complexity index is 357. The zero-order valence-corrected chi connectivity index (χ0v) is 8.69. The Kier molecular flexibility index (Phi) is 3.85. The first-order valence-corrected chi connectivity index (χ1v) is 4.72. The van der Waals surface area contributed by atoms with Crippen molar-refractivity contribution in [2.45, 2.75) is 13.3 Å². The lowest BCUT2D eigenvalue weighted by atomic mass is 10.1. The highest BCUT2D eigenvalue weighted by atomic mass is 16.6. The van der Waals surface area contributed by atoms with Gasteiger partial charge in [-0.25, -0.2) is 0 Å². The van der Waals surface area contributed by atoms with Crippen molar-refractivity contribution in [2.75, 3.05) is 6.54 Å². The summed E-state index contributed by atoms with van der Waals surface area (Å²) in [5.74, 6) is -0.151. The van der Waals surface area contributed by atoms with Gasteiger partial charge in [0.15, 0.2) is 0 Å². The number of nitro groups is 1. The number of nitrogens with one attached hydrogen (secondary N) is 1. The van der Waals surface area contributed by atoms with Gasteiger partial charge in [0.25, 0.3) is 0 Å². The standard InChI is InChI=1S/C11H14N2O2/c1-9-3-5-11(6-4-9)7-8-12-10(2)13(14)15/h3-6,12H,2,7-8H2,1H3. The van der Waals surface area contributed by atoms with Crippen molar-refractivity contribution in [3.63, 3.8) is 0 Å². The quantitative estimate of drug-likeness (QED) is 0.591. The van der Waals surface area contributed by atoms with Crippen LogP contribution in [-0.2, 0) is 6.42 Å². The molecule has 4 nitrogen and oxygen atoms in total. The fourth-order valence-corrected chi connectivity index (χ4v) is 1.17. The van der Waals surface area contributed by atoms with E-state index in [4.69, 9.17) is 0 Å². The van der Waals surface area contributed by atoms with Gasteiger partial charge < -0.3 is 10.1 Å². The highest BCUT2D eigenvalue weighted by molar-refractivity contribution is 5.21. The molecule has 0 atom stereocenters. The van der Waals surface area contributed by atoms with Gasteiger partial charge in [0.2, 0.25) is 0 Å². The van der Waals surface area contributed by atoms with E-state index >= 15 is 0 Å².